The number of hydrogen-bond acceptors (Lipinski definition) is 8. The van der Waals surface area contributed by atoms with Gasteiger partial charge in [-0.15, -0.1) is 5.10 Å². The van der Waals surface area contributed by atoms with E-state index < -0.39 is 24.9 Å². The van der Waals surface area contributed by atoms with Crippen molar-refractivity contribution in [3.63, 3.8) is 0 Å². The molecule has 0 unspecified atom stereocenters. The molecule has 41 heavy (non-hydrogen) atoms. The molecule has 0 spiro atoms. The zero-order valence-corrected chi connectivity index (χ0v) is 26.5. The molecule has 1 heterocycles. The van der Waals surface area contributed by atoms with Gasteiger partial charge in [-0.1, -0.05) is 85.1 Å². The fourth-order valence-corrected chi connectivity index (χ4v) is 4.21. The van der Waals surface area contributed by atoms with Crippen molar-refractivity contribution in [2.75, 3.05) is 0 Å². The topological polar surface area (TPSA) is 161 Å². The second-order valence-electron chi connectivity index (χ2n) is 8.47. The molecule has 0 radical (unpaired) electrons. The van der Waals surface area contributed by atoms with Crippen molar-refractivity contribution in [1.82, 2.24) is 24.7 Å². The number of nitrogens with zero attached hydrogens (tertiary/aromatic N) is 4. The van der Waals surface area contributed by atoms with Gasteiger partial charge >= 0.3 is 0 Å². The molecule has 4 N–H and O–H groups in total. The molecule has 11 nitrogen and oxygen atoms in total. The van der Waals surface area contributed by atoms with Crippen LogP contribution in [0.4, 0.5) is 0 Å². The van der Waals surface area contributed by atoms with E-state index in [2.05, 4.69) is 20.2 Å². The average Bonchev–Trinajstić information content (AvgIpc) is 3.69. The lowest BCUT2D eigenvalue weighted by molar-refractivity contribution is 0.582. The van der Waals surface area contributed by atoms with Gasteiger partial charge < -0.3 is 0 Å². The first-order chi connectivity index (χ1) is 18.7. The van der Waals surface area contributed by atoms with Crippen LogP contribution in [0.2, 0.25) is 0 Å². The number of aromatic nitrogens is 3. The summed E-state index contributed by atoms with van der Waals surface area (Å²) in [4.78, 5) is 3.29. The van der Waals surface area contributed by atoms with Crippen LogP contribution in [0.1, 0.15) is 63.9 Å². The van der Waals surface area contributed by atoms with E-state index in [1.807, 2.05) is 45.5 Å². The second-order valence-corrected chi connectivity index (χ2v) is 12.9. The number of nitrogens with two attached hydrogens (primary N) is 1. The fourth-order valence-electron chi connectivity index (χ4n) is 2.62. The van der Waals surface area contributed by atoms with Gasteiger partial charge in [-0.25, -0.2) is 17.9 Å². The molecule has 0 atom stereocenters. The Hall–Kier alpha value is -2.55. The van der Waals surface area contributed by atoms with Gasteiger partial charge in [0.15, 0.2) is 0 Å². The lowest BCUT2D eigenvalue weighted by atomic mass is 10.2. The summed E-state index contributed by atoms with van der Waals surface area (Å²) in [5.41, 5.74) is 3.28. The van der Waals surface area contributed by atoms with Crippen LogP contribution in [0.15, 0.2) is 69.6 Å². The summed E-state index contributed by atoms with van der Waals surface area (Å²) < 4.78 is 47.6. The first-order valence-electron chi connectivity index (χ1n) is 12.3. The lowest BCUT2D eigenvalue weighted by Crippen LogP contribution is -2.30. The smallest absolute Gasteiger partial charge is 0.257 e. The summed E-state index contributed by atoms with van der Waals surface area (Å²) >= 11 is 11.0. The van der Waals surface area contributed by atoms with Gasteiger partial charge in [0.05, 0.1) is 27.2 Å². The van der Waals surface area contributed by atoms with Crippen LogP contribution < -0.4 is 15.5 Å². The molecule has 4 rings (SSSR count). The molecule has 1 aliphatic carbocycles. The predicted octanol–water partition coefficient (Wildman–Crippen LogP) is 5.18. The molecule has 0 bridgehead atoms. The number of aryl methyl sites for hydroxylation is 3. The molecule has 1 saturated carbocycles. The van der Waals surface area contributed by atoms with E-state index in [0.29, 0.717) is 6.04 Å². The summed E-state index contributed by atoms with van der Waals surface area (Å²) in [5.74, 6) is 4.84. The van der Waals surface area contributed by atoms with Gasteiger partial charge in [0.25, 0.3) is 20.0 Å². The van der Waals surface area contributed by atoms with Crippen LogP contribution >= 0.6 is 23.2 Å². The Kier molecular flexibility index (Phi) is 17.0. The van der Waals surface area contributed by atoms with Crippen LogP contribution in [-0.2, 0) is 20.0 Å². The number of hydrogen-bond donors (Lipinski definition) is 3. The minimum atomic E-state index is -3.66. The van der Waals surface area contributed by atoms with E-state index in [0.717, 1.165) is 16.8 Å². The van der Waals surface area contributed by atoms with Gasteiger partial charge in [0, 0.05) is 6.20 Å². The number of rotatable bonds is 7. The maximum Gasteiger partial charge on any atom is 0.276 e. The Morgan fingerprint density at radius 2 is 1.37 bits per heavy atom. The largest absolute Gasteiger partial charge is 0.276 e. The SMILES string of the molecule is C.CC.CC(=NNS(=O)(=O)c1ccc(C)cc1)C(Cl)Cl.Cc1ccc(S(=O)(=O)NN)cc1.Cc1cn(C2CC2)nn1. The highest BCUT2D eigenvalue weighted by Gasteiger charge is 2.24. The minimum absolute atomic E-state index is 0. The molecule has 1 aliphatic rings. The van der Waals surface area contributed by atoms with Crippen molar-refractivity contribution in [3.8, 4) is 0 Å². The van der Waals surface area contributed by atoms with Gasteiger partial charge in [0.1, 0.15) is 4.84 Å². The highest BCUT2D eigenvalue weighted by Crippen LogP contribution is 2.33. The first kappa shape index (κ1) is 38.5. The summed E-state index contributed by atoms with van der Waals surface area (Å²) in [7, 11) is -7.15. The summed E-state index contributed by atoms with van der Waals surface area (Å²) in [6.07, 6.45) is 4.56. The van der Waals surface area contributed by atoms with Crippen molar-refractivity contribution in [3.05, 3.63) is 71.5 Å². The first-order valence-corrected chi connectivity index (χ1v) is 16.2. The van der Waals surface area contributed by atoms with E-state index in [1.54, 1.807) is 29.1 Å². The third kappa shape index (κ3) is 13.8. The number of sulfonamides is 2. The maximum absolute atomic E-state index is 11.8. The molecule has 0 amide bonds. The highest BCUT2D eigenvalue weighted by molar-refractivity contribution is 7.89. The Bertz CT molecular complexity index is 1420. The molecule has 0 saturated heterocycles. The van der Waals surface area contributed by atoms with Gasteiger partial charge in [-0.3, -0.25) is 5.84 Å². The molecule has 15 heteroatoms. The molecular weight excluding hydrogens is 609 g/mol. The molecule has 1 fully saturated rings. The predicted molar refractivity (Wildman–Crippen MR) is 167 cm³/mol. The van der Waals surface area contributed by atoms with E-state index in [-0.39, 0.29) is 22.9 Å². The summed E-state index contributed by atoms with van der Waals surface area (Å²) in [5, 5.41) is 11.4. The zero-order valence-electron chi connectivity index (χ0n) is 23.3. The molecule has 0 aliphatic heterocycles. The number of hydrazone groups is 1. The van der Waals surface area contributed by atoms with Crippen LogP contribution in [0, 0.1) is 20.8 Å². The fraction of sp³-hybridized carbons (Fsp3) is 0.423. The van der Waals surface area contributed by atoms with E-state index >= 15 is 0 Å². The molecule has 3 aromatic rings. The molecule has 230 valence electrons. The van der Waals surface area contributed by atoms with Crippen LogP contribution in [0.3, 0.4) is 0 Å². The summed E-state index contributed by atoms with van der Waals surface area (Å²) in [6, 6.07) is 13.5. The number of hydrazine groups is 1. The van der Waals surface area contributed by atoms with Crippen LogP contribution in [0.25, 0.3) is 0 Å². The zero-order chi connectivity index (χ0) is 30.5. The maximum atomic E-state index is 11.8. The van der Waals surface area contributed by atoms with E-state index in [1.165, 1.54) is 44.0 Å². The average molecular weight is 651 g/mol. The quantitative estimate of drug-likeness (QED) is 0.137. The second kappa shape index (κ2) is 18.1. The summed E-state index contributed by atoms with van der Waals surface area (Å²) in [6.45, 7) is 11.2. The normalized spacial score (nSPS) is 12.9. The Morgan fingerprint density at radius 1 is 0.927 bits per heavy atom. The monoisotopic (exact) mass is 649 g/mol. The number of halogens is 2. The molecule has 2 aromatic carbocycles. The van der Waals surface area contributed by atoms with E-state index in [4.69, 9.17) is 29.0 Å². The third-order valence-corrected chi connectivity index (χ3v) is 8.08. The Labute approximate surface area is 254 Å². The molecule has 1 aromatic heterocycles. The van der Waals surface area contributed by atoms with Crippen molar-refractivity contribution in [1.29, 1.82) is 0 Å². The lowest BCUT2D eigenvalue weighted by Gasteiger charge is -2.05. The van der Waals surface area contributed by atoms with Gasteiger partial charge in [-0.05, 0) is 64.8 Å². The van der Waals surface area contributed by atoms with Crippen molar-refractivity contribution in [2.24, 2.45) is 10.9 Å². The van der Waals surface area contributed by atoms with Crippen molar-refractivity contribution < 1.29 is 16.8 Å². The number of benzene rings is 2. The van der Waals surface area contributed by atoms with Gasteiger partial charge in [-0.2, -0.15) is 18.4 Å². The van der Waals surface area contributed by atoms with Crippen molar-refractivity contribution in [2.45, 2.75) is 82.5 Å². The van der Waals surface area contributed by atoms with Crippen LogP contribution in [-0.4, -0.2) is 42.4 Å². The minimum Gasteiger partial charge on any atom is -0.257 e. The third-order valence-electron chi connectivity index (χ3n) is 5.02. The standard InChI is InChI=1S/C10H12Cl2N2O2S.C7H10N2O2S.C6H9N3.C2H6.CH4/c1-7-3-5-9(6-4-7)17(15,16)14-13-8(2)10(11)12;1-6-2-4-7(5-3-6)12(10,11)9-8;1-5-4-9(8-7-5)6-2-3-6;1-2;/h3-6,10,14H,1-2H3;2-5,9H,8H2,1H3;4,6H,2-3H2,1H3;1-2H3;1H4. The van der Waals surface area contributed by atoms with Gasteiger partial charge in [0.2, 0.25) is 0 Å². The molecular formula is C26H41Cl2N7O4S2. The Balaban J connectivity index is 0.000000584. The Morgan fingerprint density at radius 3 is 1.71 bits per heavy atom. The highest BCUT2D eigenvalue weighted by atomic mass is 35.5. The number of alkyl halides is 2. The number of nitrogens with one attached hydrogen (secondary N) is 2. The van der Waals surface area contributed by atoms with Crippen LogP contribution in [0.5, 0.6) is 0 Å². The van der Waals surface area contributed by atoms with Crippen molar-refractivity contribution >= 4 is 49.0 Å². The van der Waals surface area contributed by atoms with E-state index in [9.17, 15) is 16.8 Å².